The Balaban J connectivity index is 2.08. The zero-order valence-corrected chi connectivity index (χ0v) is 7.84. The fourth-order valence-electron chi connectivity index (χ4n) is 3.80. The van der Waals surface area contributed by atoms with E-state index >= 15 is 0 Å². The standard InChI is InChI=1S/C11H20/c1-3-10-8-5-6-9(7-8)11(10)4-2/h8-11H,3-7H2,1-2H3/t8?,9?,10-,11?/m0/s1. The third-order valence-electron chi connectivity index (χ3n) is 4.22. The Labute approximate surface area is 70.4 Å². The van der Waals surface area contributed by atoms with Crippen molar-refractivity contribution in [3.63, 3.8) is 0 Å². The van der Waals surface area contributed by atoms with Crippen LogP contribution < -0.4 is 0 Å². The van der Waals surface area contributed by atoms with Crippen molar-refractivity contribution < 1.29 is 0 Å². The Kier molecular flexibility index (Phi) is 1.95. The van der Waals surface area contributed by atoms with Crippen LogP contribution in [-0.4, -0.2) is 0 Å². The molecule has 0 heterocycles. The normalized spacial score (nSPS) is 48.5. The van der Waals surface area contributed by atoms with Gasteiger partial charge in [-0.05, 0) is 42.9 Å². The van der Waals surface area contributed by atoms with Crippen molar-refractivity contribution in [2.45, 2.75) is 46.0 Å². The molecule has 0 aromatic carbocycles. The minimum atomic E-state index is 1.11. The number of fused-ring (bicyclic) bond motifs is 2. The van der Waals surface area contributed by atoms with Crippen LogP contribution in [0.4, 0.5) is 0 Å². The SMILES string of the molecule is CCC1C2CCC(C2)[C@@H]1CC. The van der Waals surface area contributed by atoms with Crippen LogP contribution in [0.3, 0.4) is 0 Å². The van der Waals surface area contributed by atoms with Gasteiger partial charge in [-0.3, -0.25) is 0 Å². The molecule has 0 radical (unpaired) electrons. The van der Waals surface area contributed by atoms with Gasteiger partial charge in [-0.15, -0.1) is 0 Å². The smallest absolute Gasteiger partial charge is 0.0357 e. The first-order valence-corrected chi connectivity index (χ1v) is 5.36. The summed E-state index contributed by atoms with van der Waals surface area (Å²) in [6.07, 6.45) is 7.58. The maximum absolute atomic E-state index is 2.38. The van der Waals surface area contributed by atoms with Crippen molar-refractivity contribution in [3.8, 4) is 0 Å². The fraction of sp³-hybridized carbons (Fsp3) is 1.00. The Morgan fingerprint density at radius 1 is 0.909 bits per heavy atom. The van der Waals surface area contributed by atoms with E-state index in [4.69, 9.17) is 0 Å². The van der Waals surface area contributed by atoms with Crippen molar-refractivity contribution in [2.24, 2.45) is 23.7 Å². The van der Waals surface area contributed by atoms with E-state index in [1.807, 2.05) is 0 Å². The van der Waals surface area contributed by atoms with Crippen LogP contribution in [-0.2, 0) is 0 Å². The van der Waals surface area contributed by atoms with E-state index in [9.17, 15) is 0 Å². The summed E-state index contributed by atoms with van der Waals surface area (Å²) in [5.41, 5.74) is 0. The largest absolute Gasteiger partial charge is 0.0651 e. The molecule has 4 atom stereocenters. The molecular formula is C11H20. The second-order valence-corrected chi connectivity index (χ2v) is 4.48. The fourth-order valence-corrected chi connectivity index (χ4v) is 3.80. The first kappa shape index (κ1) is 7.64. The first-order chi connectivity index (χ1) is 5.36. The van der Waals surface area contributed by atoms with Crippen LogP contribution in [0, 0.1) is 23.7 Å². The zero-order valence-electron chi connectivity index (χ0n) is 7.84. The first-order valence-electron chi connectivity index (χ1n) is 5.36. The summed E-state index contributed by atoms with van der Waals surface area (Å²) in [6.45, 7) is 4.77. The van der Waals surface area contributed by atoms with Crippen LogP contribution in [0.25, 0.3) is 0 Å². The molecule has 0 N–H and O–H groups in total. The Bertz CT molecular complexity index is 123. The lowest BCUT2D eigenvalue weighted by molar-refractivity contribution is 0.209. The summed E-state index contributed by atoms with van der Waals surface area (Å²) < 4.78 is 0. The van der Waals surface area contributed by atoms with E-state index in [1.165, 1.54) is 12.8 Å². The maximum Gasteiger partial charge on any atom is -0.0357 e. The molecule has 11 heavy (non-hydrogen) atoms. The summed E-state index contributed by atoms with van der Waals surface area (Å²) in [5.74, 6) is 4.49. The molecule has 3 unspecified atom stereocenters. The molecule has 0 spiro atoms. The van der Waals surface area contributed by atoms with Crippen molar-refractivity contribution in [1.82, 2.24) is 0 Å². The van der Waals surface area contributed by atoms with E-state index in [0.717, 1.165) is 23.7 Å². The highest BCUT2D eigenvalue weighted by Gasteiger charge is 2.45. The molecule has 0 saturated heterocycles. The molecule has 0 amide bonds. The lowest BCUT2D eigenvalue weighted by Gasteiger charge is -2.29. The van der Waals surface area contributed by atoms with Gasteiger partial charge in [0, 0.05) is 0 Å². The average Bonchev–Trinajstić information content (AvgIpc) is 2.60. The van der Waals surface area contributed by atoms with Crippen molar-refractivity contribution >= 4 is 0 Å². The van der Waals surface area contributed by atoms with Gasteiger partial charge < -0.3 is 0 Å². The Morgan fingerprint density at radius 2 is 1.36 bits per heavy atom. The van der Waals surface area contributed by atoms with Crippen LogP contribution in [0.2, 0.25) is 0 Å². The molecule has 2 aliphatic carbocycles. The third kappa shape index (κ3) is 1.02. The van der Waals surface area contributed by atoms with Gasteiger partial charge in [-0.25, -0.2) is 0 Å². The molecule has 2 bridgehead atoms. The summed E-state index contributed by atoms with van der Waals surface area (Å²) in [6, 6.07) is 0. The monoisotopic (exact) mass is 152 g/mol. The minimum absolute atomic E-state index is 1.11. The number of hydrogen-bond acceptors (Lipinski definition) is 0. The second kappa shape index (κ2) is 2.80. The predicted molar refractivity (Wildman–Crippen MR) is 48.4 cm³/mol. The molecule has 2 aliphatic rings. The number of rotatable bonds is 2. The van der Waals surface area contributed by atoms with Crippen molar-refractivity contribution in [2.75, 3.05) is 0 Å². The lowest BCUT2D eigenvalue weighted by atomic mass is 9.77. The van der Waals surface area contributed by atoms with E-state index in [-0.39, 0.29) is 0 Å². The van der Waals surface area contributed by atoms with Gasteiger partial charge in [0.1, 0.15) is 0 Å². The molecule has 0 aromatic rings. The van der Waals surface area contributed by atoms with Gasteiger partial charge in [0.05, 0.1) is 0 Å². The van der Waals surface area contributed by atoms with Crippen molar-refractivity contribution in [3.05, 3.63) is 0 Å². The average molecular weight is 152 g/mol. The molecule has 64 valence electrons. The minimum Gasteiger partial charge on any atom is -0.0651 e. The van der Waals surface area contributed by atoms with Gasteiger partial charge in [-0.2, -0.15) is 0 Å². The number of hydrogen-bond donors (Lipinski definition) is 0. The quantitative estimate of drug-likeness (QED) is 0.568. The highest BCUT2D eigenvalue weighted by molar-refractivity contribution is 4.94. The van der Waals surface area contributed by atoms with E-state index < -0.39 is 0 Å². The summed E-state index contributed by atoms with van der Waals surface area (Å²) in [7, 11) is 0. The lowest BCUT2D eigenvalue weighted by Crippen LogP contribution is -2.20. The molecule has 2 fully saturated rings. The molecule has 0 aromatic heterocycles. The topological polar surface area (TPSA) is 0 Å². The van der Waals surface area contributed by atoms with Gasteiger partial charge in [0.25, 0.3) is 0 Å². The summed E-state index contributed by atoms with van der Waals surface area (Å²) >= 11 is 0. The molecule has 2 saturated carbocycles. The summed E-state index contributed by atoms with van der Waals surface area (Å²) in [4.78, 5) is 0. The molecule has 0 heteroatoms. The summed E-state index contributed by atoms with van der Waals surface area (Å²) in [5, 5.41) is 0. The Morgan fingerprint density at radius 3 is 1.73 bits per heavy atom. The van der Waals surface area contributed by atoms with Crippen LogP contribution >= 0.6 is 0 Å². The van der Waals surface area contributed by atoms with Gasteiger partial charge >= 0.3 is 0 Å². The van der Waals surface area contributed by atoms with Crippen LogP contribution in [0.15, 0.2) is 0 Å². The zero-order chi connectivity index (χ0) is 7.84. The van der Waals surface area contributed by atoms with E-state index in [2.05, 4.69) is 13.8 Å². The van der Waals surface area contributed by atoms with E-state index in [0.29, 0.717) is 0 Å². The highest BCUT2D eigenvalue weighted by Crippen LogP contribution is 2.54. The molecule has 0 nitrogen and oxygen atoms in total. The molecular weight excluding hydrogens is 132 g/mol. The highest BCUT2D eigenvalue weighted by atomic mass is 14.5. The van der Waals surface area contributed by atoms with Gasteiger partial charge in [0.2, 0.25) is 0 Å². The van der Waals surface area contributed by atoms with E-state index in [1.54, 1.807) is 19.3 Å². The predicted octanol–water partition coefficient (Wildman–Crippen LogP) is 3.47. The Hall–Kier alpha value is 0. The maximum atomic E-state index is 2.38. The third-order valence-corrected chi connectivity index (χ3v) is 4.22. The van der Waals surface area contributed by atoms with Crippen molar-refractivity contribution in [1.29, 1.82) is 0 Å². The van der Waals surface area contributed by atoms with Gasteiger partial charge in [0.15, 0.2) is 0 Å². The molecule has 0 aliphatic heterocycles. The molecule has 2 rings (SSSR count). The van der Waals surface area contributed by atoms with Crippen LogP contribution in [0.1, 0.15) is 46.0 Å². The van der Waals surface area contributed by atoms with Crippen LogP contribution in [0.5, 0.6) is 0 Å². The second-order valence-electron chi connectivity index (χ2n) is 4.48. The van der Waals surface area contributed by atoms with Gasteiger partial charge in [-0.1, -0.05) is 26.7 Å².